The molecule has 0 fully saturated rings. The number of benzene rings is 1. The molecule has 0 radical (unpaired) electrons. The summed E-state index contributed by atoms with van der Waals surface area (Å²) < 4.78 is 0. The first kappa shape index (κ1) is 9.34. The molecule has 0 unspecified atom stereocenters. The van der Waals surface area contributed by atoms with E-state index in [1.54, 1.807) is 0 Å². The molecule has 12 heavy (non-hydrogen) atoms. The van der Waals surface area contributed by atoms with Crippen molar-refractivity contribution in [1.82, 2.24) is 0 Å². The number of allylic oxidation sites excluding steroid dienone is 1. The third-order valence-electron chi connectivity index (χ3n) is 1.61. The van der Waals surface area contributed by atoms with Crippen LogP contribution in [0.4, 0.5) is 0 Å². The van der Waals surface area contributed by atoms with Crippen LogP contribution in [0.2, 0.25) is 0 Å². The van der Waals surface area contributed by atoms with Gasteiger partial charge in [-0.25, -0.2) is 0 Å². The van der Waals surface area contributed by atoms with Crippen LogP contribution in [0, 0.1) is 0 Å². The second-order valence-electron chi connectivity index (χ2n) is 2.64. The highest BCUT2D eigenvalue weighted by Gasteiger charge is 1.82. The van der Waals surface area contributed by atoms with E-state index in [4.69, 9.17) is 11.6 Å². The predicted octanol–water partition coefficient (Wildman–Crippen LogP) is 3.72. The van der Waals surface area contributed by atoms with Crippen molar-refractivity contribution in [2.75, 3.05) is 5.88 Å². The van der Waals surface area contributed by atoms with Crippen molar-refractivity contribution in [3.05, 3.63) is 42.0 Å². The minimum Gasteiger partial charge on any atom is -0.127 e. The number of hydrogen-bond donors (Lipinski definition) is 0. The van der Waals surface area contributed by atoms with Crippen LogP contribution in [0.1, 0.15) is 18.4 Å². The van der Waals surface area contributed by atoms with Crippen LogP contribution in [0.3, 0.4) is 0 Å². The molecule has 0 aliphatic carbocycles. The van der Waals surface area contributed by atoms with E-state index in [0.717, 1.165) is 18.7 Å². The molecule has 1 rings (SSSR count). The minimum absolute atomic E-state index is 0.749. The fourth-order valence-electron chi connectivity index (χ4n) is 0.979. The zero-order chi connectivity index (χ0) is 8.65. The van der Waals surface area contributed by atoms with Gasteiger partial charge < -0.3 is 0 Å². The van der Waals surface area contributed by atoms with Crippen LogP contribution in [0.15, 0.2) is 36.4 Å². The Balaban J connectivity index is 2.36. The maximum absolute atomic E-state index is 5.55. The van der Waals surface area contributed by atoms with E-state index >= 15 is 0 Å². The molecule has 64 valence electrons. The van der Waals surface area contributed by atoms with E-state index in [2.05, 4.69) is 24.3 Å². The molecular weight excluding hydrogens is 168 g/mol. The van der Waals surface area contributed by atoms with E-state index < -0.39 is 0 Å². The highest BCUT2D eigenvalue weighted by molar-refractivity contribution is 6.17. The van der Waals surface area contributed by atoms with Crippen LogP contribution in [0.5, 0.6) is 0 Å². The second kappa shape index (κ2) is 5.84. The maximum atomic E-state index is 5.55. The van der Waals surface area contributed by atoms with Gasteiger partial charge in [-0.2, -0.15) is 0 Å². The molecule has 1 heteroatoms. The van der Waals surface area contributed by atoms with Crippen molar-refractivity contribution in [1.29, 1.82) is 0 Å². The molecule has 0 aromatic heterocycles. The van der Waals surface area contributed by atoms with Gasteiger partial charge in [0.1, 0.15) is 0 Å². The number of halogens is 1. The third-order valence-corrected chi connectivity index (χ3v) is 1.88. The van der Waals surface area contributed by atoms with Gasteiger partial charge in [-0.1, -0.05) is 42.5 Å². The lowest BCUT2D eigenvalue weighted by molar-refractivity contribution is 0.970. The van der Waals surface area contributed by atoms with E-state index in [0.29, 0.717) is 0 Å². The molecule has 0 atom stereocenters. The summed E-state index contributed by atoms with van der Waals surface area (Å²) in [7, 11) is 0. The SMILES string of the molecule is ClCCC/C=C\c1ccccc1. The first-order chi connectivity index (χ1) is 5.93. The normalized spacial score (nSPS) is 10.8. The standard InChI is InChI=1S/C11H13Cl/c12-10-6-2-5-9-11-7-3-1-4-8-11/h1,3-5,7-9H,2,6,10H2/b9-5-. The van der Waals surface area contributed by atoms with Gasteiger partial charge in [0.05, 0.1) is 0 Å². The summed E-state index contributed by atoms with van der Waals surface area (Å²) in [4.78, 5) is 0. The average Bonchev–Trinajstić information content (AvgIpc) is 2.14. The molecule has 0 aliphatic heterocycles. The van der Waals surface area contributed by atoms with Crippen molar-refractivity contribution in [3.63, 3.8) is 0 Å². The molecule has 0 amide bonds. The summed E-state index contributed by atoms with van der Waals surface area (Å²) in [5.74, 6) is 0.749. The molecule has 0 heterocycles. The summed E-state index contributed by atoms with van der Waals surface area (Å²) >= 11 is 5.55. The minimum atomic E-state index is 0.749. The van der Waals surface area contributed by atoms with Crippen LogP contribution in [0.25, 0.3) is 6.08 Å². The van der Waals surface area contributed by atoms with Gasteiger partial charge in [0.2, 0.25) is 0 Å². The Morgan fingerprint density at radius 1 is 1.17 bits per heavy atom. The van der Waals surface area contributed by atoms with Crippen molar-refractivity contribution >= 4 is 17.7 Å². The molecule has 0 spiro atoms. The van der Waals surface area contributed by atoms with E-state index in [9.17, 15) is 0 Å². The van der Waals surface area contributed by atoms with Gasteiger partial charge in [-0.3, -0.25) is 0 Å². The zero-order valence-corrected chi connectivity index (χ0v) is 7.80. The molecule has 0 aliphatic rings. The van der Waals surface area contributed by atoms with Gasteiger partial charge in [0.15, 0.2) is 0 Å². The molecule has 0 bridgehead atoms. The predicted molar refractivity (Wildman–Crippen MR) is 55.4 cm³/mol. The van der Waals surface area contributed by atoms with Crippen molar-refractivity contribution in [2.45, 2.75) is 12.8 Å². The fraction of sp³-hybridized carbons (Fsp3) is 0.273. The first-order valence-corrected chi connectivity index (χ1v) is 4.74. The van der Waals surface area contributed by atoms with E-state index in [1.165, 1.54) is 5.56 Å². The summed E-state index contributed by atoms with van der Waals surface area (Å²) in [6.07, 6.45) is 6.42. The lowest BCUT2D eigenvalue weighted by Crippen LogP contribution is -1.72. The molecular formula is C11H13Cl. The Bertz CT molecular complexity index is 226. The largest absolute Gasteiger partial charge is 0.127 e. The van der Waals surface area contributed by atoms with Crippen molar-refractivity contribution in [3.8, 4) is 0 Å². The average molecular weight is 181 g/mol. The Morgan fingerprint density at radius 3 is 2.58 bits per heavy atom. The Kier molecular flexibility index (Phi) is 4.55. The van der Waals surface area contributed by atoms with Gasteiger partial charge in [-0.15, -0.1) is 11.6 Å². The molecule has 0 saturated carbocycles. The van der Waals surface area contributed by atoms with Crippen molar-refractivity contribution < 1.29 is 0 Å². The molecule has 0 nitrogen and oxygen atoms in total. The van der Waals surface area contributed by atoms with E-state index in [-0.39, 0.29) is 0 Å². The quantitative estimate of drug-likeness (QED) is 0.490. The molecule has 0 saturated heterocycles. The first-order valence-electron chi connectivity index (χ1n) is 4.21. The number of rotatable bonds is 4. The summed E-state index contributed by atoms with van der Waals surface area (Å²) in [6, 6.07) is 10.3. The smallest absolute Gasteiger partial charge is 0.0226 e. The third kappa shape index (κ3) is 3.59. The fourth-order valence-corrected chi connectivity index (χ4v) is 1.13. The van der Waals surface area contributed by atoms with Crippen LogP contribution < -0.4 is 0 Å². The van der Waals surface area contributed by atoms with Crippen LogP contribution in [-0.4, -0.2) is 5.88 Å². The van der Waals surface area contributed by atoms with Crippen molar-refractivity contribution in [2.24, 2.45) is 0 Å². The van der Waals surface area contributed by atoms with Gasteiger partial charge in [0, 0.05) is 5.88 Å². The Labute approximate surface area is 78.9 Å². The maximum Gasteiger partial charge on any atom is 0.0226 e. The van der Waals surface area contributed by atoms with Gasteiger partial charge in [0.25, 0.3) is 0 Å². The summed E-state index contributed by atoms with van der Waals surface area (Å²) in [6.45, 7) is 0. The van der Waals surface area contributed by atoms with Gasteiger partial charge in [-0.05, 0) is 18.4 Å². The monoisotopic (exact) mass is 180 g/mol. The molecule has 1 aromatic carbocycles. The highest BCUT2D eigenvalue weighted by atomic mass is 35.5. The number of hydrogen-bond acceptors (Lipinski definition) is 0. The Morgan fingerprint density at radius 2 is 1.92 bits per heavy atom. The van der Waals surface area contributed by atoms with Crippen LogP contribution in [-0.2, 0) is 0 Å². The topological polar surface area (TPSA) is 0 Å². The lowest BCUT2D eigenvalue weighted by atomic mass is 10.2. The summed E-state index contributed by atoms with van der Waals surface area (Å²) in [5.41, 5.74) is 1.26. The molecule has 1 aromatic rings. The second-order valence-corrected chi connectivity index (χ2v) is 3.02. The van der Waals surface area contributed by atoms with Crippen LogP contribution >= 0.6 is 11.6 Å². The Hall–Kier alpha value is -0.750. The number of unbranched alkanes of at least 4 members (excludes halogenated alkanes) is 1. The number of alkyl halides is 1. The molecule has 0 N–H and O–H groups in total. The summed E-state index contributed by atoms with van der Waals surface area (Å²) in [5, 5.41) is 0. The lowest BCUT2D eigenvalue weighted by Gasteiger charge is -1.90. The highest BCUT2D eigenvalue weighted by Crippen LogP contribution is 2.03. The zero-order valence-electron chi connectivity index (χ0n) is 7.04. The van der Waals surface area contributed by atoms with Gasteiger partial charge >= 0.3 is 0 Å². The van der Waals surface area contributed by atoms with E-state index in [1.807, 2.05) is 18.2 Å².